The molecule has 4 amide bonds. The first-order valence-electron chi connectivity index (χ1n) is 9.70. The van der Waals surface area contributed by atoms with E-state index in [0.29, 0.717) is 22.4 Å². The Kier molecular flexibility index (Phi) is 8.72. The van der Waals surface area contributed by atoms with Crippen molar-refractivity contribution in [2.45, 2.75) is 38.6 Å². The fourth-order valence-corrected chi connectivity index (χ4v) is 3.59. The van der Waals surface area contributed by atoms with Crippen LogP contribution in [0.5, 0.6) is 5.75 Å². The van der Waals surface area contributed by atoms with E-state index in [1.54, 1.807) is 25.2 Å². The molecule has 0 radical (unpaired) electrons. The lowest BCUT2D eigenvalue weighted by atomic mass is 9.86. The minimum atomic E-state index is -0.490. The van der Waals surface area contributed by atoms with Gasteiger partial charge >= 0.3 is 6.03 Å². The number of carbonyl (C=O) groups is 3. The number of nitrogens with one attached hydrogen (secondary N) is 3. The molecule has 0 unspecified atom stereocenters. The maximum absolute atomic E-state index is 12.2. The number of rotatable bonds is 7. The lowest BCUT2D eigenvalue weighted by Gasteiger charge is -2.29. The molecule has 0 spiro atoms. The summed E-state index contributed by atoms with van der Waals surface area (Å²) in [6.07, 6.45) is 4.26. The first-order valence-corrected chi connectivity index (χ1v) is 10.1. The summed E-state index contributed by atoms with van der Waals surface area (Å²) in [4.78, 5) is 37.9. The van der Waals surface area contributed by atoms with E-state index in [4.69, 9.17) is 16.3 Å². The second-order valence-electron chi connectivity index (χ2n) is 7.45. The molecule has 9 heteroatoms. The number of imide groups is 1. The standard InChI is InChI=1S/C20H29ClN4O4/c1-13-6-4-5-7-15(13)23-20(28)24-19(27)12-25(2)11-18(26)22-16-10-14(21)8-9-17(16)29-3/h8-10,13,15H,4-7,11-12H2,1-3H3,(H,22,26)(H2,23,24,27,28)/t13-,15+/m0/s1. The number of hydrogen-bond acceptors (Lipinski definition) is 5. The largest absolute Gasteiger partial charge is 0.495 e. The molecule has 3 N–H and O–H groups in total. The first-order chi connectivity index (χ1) is 13.8. The van der Waals surface area contributed by atoms with Crippen LogP contribution < -0.4 is 20.7 Å². The van der Waals surface area contributed by atoms with Gasteiger partial charge in [-0.3, -0.25) is 19.8 Å². The lowest BCUT2D eigenvalue weighted by Crippen LogP contribution is -2.50. The fourth-order valence-electron chi connectivity index (χ4n) is 3.42. The van der Waals surface area contributed by atoms with E-state index in [0.717, 1.165) is 19.3 Å². The highest BCUT2D eigenvalue weighted by Gasteiger charge is 2.23. The molecule has 0 bridgehead atoms. The summed E-state index contributed by atoms with van der Waals surface area (Å²) >= 11 is 5.95. The highest BCUT2D eigenvalue weighted by atomic mass is 35.5. The normalized spacial score (nSPS) is 18.8. The molecule has 1 fully saturated rings. The van der Waals surface area contributed by atoms with E-state index in [1.807, 2.05) is 0 Å². The number of halogens is 1. The molecule has 29 heavy (non-hydrogen) atoms. The SMILES string of the molecule is COc1ccc(Cl)cc1NC(=O)CN(C)CC(=O)NC(=O)N[C@@H]1CCCC[C@@H]1C. The summed E-state index contributed by atoms with van der Waals surface area (Å²) < 4.78 is 5.19. The van der Waals surface area contributed by atoms with Crippen LogP contribution in [0.2, 0.25) is 5.02 Å². The van der Waals surface area contributed by atoms with Crippen molar-refractivity contribution in [3.8, 4) is 5.75 Å². The van der Waals surface area contributed by atoms with Crippen molar-refractivity contribution in [3.63, 3.8) is 0 Å². The number of ether oxygens (including phenoxy) is 1. The minimum absolute atomic E-state index is 0.0373. The van der Waals surface area contributed by atoms with Gasteiger partial charge in [0.25, 0.3) is 0 Å². The van der Waals surface area contributed by atoms with Crippen LogP contribution in [0, 0.1) is 5.92 Å². The average molecular weight is 425 g/mol. The van der Waals surface area contributed by atoms with Crippen LogP contribution in [0.25, 0.3) is 0 Å². The van der Waals surface area contributed by atoms with Crippen LogP contribution in [0.3, 0.4) is 0 Å². The van der Waals surface area contributed by atoms with Gasteiger partial charge < -0.3 is 15.4 Å². The van der Waals surface area contributed by atoms with Crippen molar-refractivity contribution < 1.29 is 19.1 Å². The minimum Gasteiger partial charge on any atom is -0.495 e. The Balaban J connectivity index is 1.77. The zero-order valence-electron chi connectivity index (χ0n) is 17.1. The molecule has 2 rings (SSSR count). The molecule has 8 nitrogen and oxygen atoms in total. The number of benzene rings is 1. The Labute approximate surface area is 176 Å². The van der Waals surface area contributed by atoms with E-state index in [9.17, 15) is 14.4 Å². The van der Waals surface area contributed by atoms with Crippen LogP contribution in [0.15, 0.2) is 18.2 Å². The maximum Gasteiger partial charge on any atom is 0.321 e. The topological polar surface area (TPSA) is 99.8 Å². The predicted octanol–water partition coefficient (Wildman–Crippen LogP) is 2.62. The van der Waals surface area contributed by atoms with Gasteiger partial charge in [-0.2, -0.15) is 0 Å². The summed E-state index contributed by atoms with van der Waals surface area (Å²) in [6.45, 7) is 1.98. The number of hydrogen-bond donors (Lipinski definition) is 3. The van der Waals surface area contributed by atoms with Crippen LogP contribution in [0.1, 0.15) is 32.6 Å². The molecule has 0 aliphatic heterocycles. The number of methoxy groups -OCH3 is 1. The summed E-state index contributed by atoms with van der Waals surface area (Å²) in [5.41, 5.74) is 0.448. The fraction of sp³-hybridized carbons (Fsp3) is 0.550. The van der Waals surface area contributed by atoms with Crippen LogP contribution in [0.4, 0.5) is 10.5 Å². The van der Waals surface area contributed by atoms with Crippen molar-refractivity contribution in [2.75, 3.05) is 32.6 Å². The molecule has 1 aliphatic carbocycles. The number of likely N-dealkylation sites (N-methyl/N-ethyl adjacent to an activating group) is 1. The molecular weight excluding hydrogens is 396 g/mol. The predicted molar refractivity (Wildman–Crippen MR) is 112 cm³/mol. The molecule has 1 saturated carbocycles. The summed E-state index contributed by atoms with van der Waals surface area (Å²) in [5, 5.41) is 8.37. The summed E-state index contributed by atoms with van der Waals surface area (Å²) in [5.74, 6) is 0.0826. The van der Waals surface area contributed by atoms with Gasteiger partial charge in [-0.1, -0.05) is 31.4 Å². The van der Waals surface area contributed by atoms with Crippen molar-refractivity contribution in [3.05, 3.63) is 23.2 Å². The first kappa shape index (κ1) is 23.0. The molecule has 1 aliphatic rings. The number of carbonyl (C=O) groups excluding carboxylic acids is 3. The molecule has 0 aromatic heterocycles. The van der Waals surface area contributed by atoms with Crippen LogP contribution in [-0.4, -0.2) is 56.0 Å². The second kappa shape index (κ2) is 11.0. The van der Waals surface area contributed by atoms with E-state index in [1.165, 1.54) is 18.4 Å². The Hall–Kier alpha value is -2.32. The Morgan fingerprint density at radius 2 is 1.86 bits per heavy atom. The highest BCUT2D eigenvalue weighted by molar-refractivity contribution is 6.31. The second-order valence-corrected chi connectivity index (χ2v) is 7.89. The molecular formula is C20H29ClN4O4. The van der Waals surface area contributed by atoms with Gasteiger partial charge in [-0.25, -0.2) is 4.79 Å². The van der Waals surface area contributed by atoms with Crippen molar-refractivity contribution >= 4 is 35.1 Å². The van der Waals surface area contributed by atoms with Gasteiger partial charge in [0.05, 0.1) is 25.9 Å². The number of nitrogens with zero attached hydrogens (tertiary/aromatic N) is 1. The highest BCUT2D eigenvalue weighted by Crippen LogP contribution is 2.27. The van der Waals surface area contributed by atoms with Crippen LogP contribution in [-0.2, 0) is 9.59 Å². The summed E-state index contributed by atoms with van der Waals surface area (Å²) in [6, 6.07) is 4.50. The van der Waals surface area contributed by atoms with E-state index < -0.39 is 11.9 Å². The molecule has 1 aromatic rings. The van der Waals surface area contributed by atoms with Crippen molar-refractivity contribution in [2.24, 2.45) is 5.92 Å². The monoisotopic (exact) mass is 424 g/mol. The molecule has 0 saturated heterocycles. The number of urea groups is 1. The van der Waals surface area contributed by atoms with Crippen molar-refractivity contribution in [1.29, 1.82) is 0 Å². The van der Waals surface area contributed by atoms with Crippen molar-refractivity contribution in [1.82, 2.24) is 15.5 Å². The third-order valence-corrected chi connectivity index (χ3v) is 5.18. The maximum atomic E-state index is 12.2. The zero-order chi connectivity index (χ0) is 21.4. The molecule has 0 heterocycles. The molecule has 1 aromatic carbocycles. The third-order valence-electron chi connectivity index (χ3n) is 4.94. The Morgan fingerprint density at radius 1 is 1.17 bits per heavy atom. The Morgan fingerprint density at radius 3 is 2.55 bits per heavy atom. The number of anilines is 1. The van der Waals surface area contributed by atoms with E-state index in [-0.39, 0.29) is 25.0 Å². The van der Waals surface area contributed by atoms with Crippen LogP contribution >= 0.6 is 11.6 Å². The van der Waals surface area contributed by atoms with E-state index in [2.05, 4.69) is 22.9 Å². The average Bonchev–Trinajstić information content (AvgIpc) is 2.63. The van der Waals surface area contributed by atoms with Gasteiger partial charge in [0.2, 0.25) is 11.8 Å². The van der Waals surface area contributed by atoms with Gasteiger partial charge in [0.15, 0.2) is 0 Å². The lowest BCUT2D eigenvalue weighted by molar-refractivity contribution is -0.122. The zero-order valence-corrected chi connectivity index (χ0v) is 17.8. The third kappa shape index (κ3) is 7.55. The quantitative estimate of drug-likeness (QED) is 0.624. The molecule has 160 valence electrons. The van der Waals surface area contributed by atoms with Gasteiger partial charge in [-0.15, -0.1) is 0 Å². The van der Waals surface area contributed by atoms with E-state index >= 15 is 0 Å². The van der Waals surface area contributed by atoms with Gasteiger partial charge in [-0.05, 0) is 44.0 Å². The Bertz CT molecular complexity index is 743. The van der Waals surface area contributed by atoms with Gasteiger partial charge in [0, 0.05) is 11.1 Å². The number of amides is 4. The molecule has 2 atom stereocenters. The smallest absolute Gasteiger partial charge is 0.321 e. The summed E-state index contributed by atoms with van der Waals surface area (Å²) in [7, 11) is 3.12. The van der Waals surface area contributed by atoms with Gasteiger partial charge in [0.1, 0.15) is 5.75 Å².